The fourth-order valence-corrected chi connectivity index (χ4v) is 2.63. The summed E-state index contributed by atoms with van der Waals surface area (Å²) in [7, 11) is 0. The van der Waals surface area contributed by atoms with E-state index in [1.807, 2.05) is 0 Å². The summed E-state index contributed by atoms with van der Waals surface area (Å²) in [6, 6.07) is 0. The molecule has 1 saturated carbocycles. The van der Waals surface area contributed by atoms with Gasteiger partial charge in [-0.15, -0.1) is 0 Å². The summed E-state index contributed by atoms with van der Waals surface area (Å²) < 4.78 is 5.03. The first-order chi connectivity index (χ1) is 10.2. The van der Waals surface area contributed by atoms with E-state index in [2.05, 4.69) is 0 Å². The molecule has 1 aliphatic rings. The number of esters is 1. The normalized spacial score (nSPS) is 38.6. The minimum atomic E-state index is -2.49. The molecule has 1 rings (SSSR count). The highest BCUT2D eigenvalue weighted by Gasteiger charge is 2.64. The predicted molar refractivity (Wildman–Crippen MR) is 73.7 cm³/mol. The number of ketones is 1. The molecule has 6 atom stereocenters. The molecule has 128 valence electrons. The molecule has 0 aliphatic heterocycles. The highest BCUT2D eigenvalue weighted by atomic mass is 16.6. The van der Waals surface area contributed by atoms with E-state index in [0.29, 0.717) is 12.8 Å². The van der Waals surface area contributed by atoms with Crippen LogP contribution in [0.1, 0.15) is 39.5 Å². The molecule has 1 fully saturated rings. The van der Waals surface area contributed by atoms with E-state index in [4.69, 9.17) is 4.74 Å². The van der Waals surface area contributed by atoms with Gasteiger partial charge in [0.25, 0.3) is 0 Å². The van der Waals surface area contributed by atoms with Crippen molar-refractivity contribution in [3.63, 3.8) is 0 Å². The third-order valence-electron chi connectivity index (χ3n) is 3.88. The standard InChI is InChI=1S/C14H24O8/c1-3-5-7(15)14(22-8(16)6-4-2)12(20)10(18)9(17)11(19)13(14)21/h9-13,17-21H,3-6H2,1-2H3/t9?,10-,11+,12-,13-,14?/m1/s1. The van der Waals surface area contributed by atoms with Gasteiger partial charge in [0.1, 0.15) is 30.5 Å². The molecule has 0 saturated heterocycles. The summed E-state index contributed by atoms with van der Waals surface area (Å²) in [5, 5.41) is 49.6. The van der Waals surface area contributed by atoms with Crippen LogP contribution in [0, 0.1) is 0 Å². The molecule has 0 aromatic heterocycles. The van der Waals surface area contributed by atoms with Crippen LogP contribution in [0.2, 0.25) is 0 Å². The molecule has 0 heterocycles. The molecular weight excluding hydrogens is 296 g/mol. The van der Waals surface area contributed by atoms with Gasteiger partial charge in [-0.05, 0) is 12.8 Å². The average molecular weight is 320 g/mol. The van der Waals surface area contributed by atoms with Gasteiger partial charge in [-0.25, -0.2) is 0 Å². The minimum absolute atomic E-state index is 0.0602. The lowest BCUT2D eigenvalue weighted by Crippen LogP contribution is -2.74. The van der Waals surface area contributed by atoms with E-state index in [-0.39, 0.29) is 12.8 Å². The van der Waals surface area contributed by atoms with Crippen molar-refractivity contribution in [1.29, 1.82) is 0 Å². The van der Waals surface area contributed by atoms with E-state index >= 15 is 0 Å². The van der Waals surface area contributed by atoms with E-state index in [1.165, 1.54) is 0 Å². The monoisotopic (exact) mass is 320 g/mol. The highest BCUT2D eigenvalue weighted by Crippen LogP contribution is 2.36. The topological polar surface area (TPSA) is 145 Å². The van der Waals surface area contributed by atoms with Gasteiger partial charge in [0, 0.05) is 12.8 Å². The van der Waals surface area contributed by atoms with Gasteiger partial charge in [0.15, 0.2) is 5.78 Å². The minimum Gasteiger partial charge on any atom is -0.445 e. The Bertz CT molecular complexity index is 394. The van der Waals surface area contributed by atoms with E-state index < -0.39 is 47.9 Å². The quantitative estimate of drug-likeness (QED) is 0.363. The number of ether oxygens (including phenoxy) is 1. The summed E-state index contributed by atoms with van der Waals surface area (Å²) in [5.41, 5.74) is -2.49. The molecule has 0 bridgehead atoms. The second kappa shape index (κ2) is 7.47. The number of carbonyl (C=O) groups is 2. The van der Waals surface area contributed by atoms with Crippen LogP contribution < -0.4 is 0 Å². The SMILES string of the molecule is CCCC(=O)OC1(C(=O)CCC)[C@H](O)[C@H](O)C(O)[C@H](O)[C@H]1O. The zero-order valence-electron chi connectivity index (χ0n) is 12.7. The van der Waals surface area contributed by atoms with Gasteiger partial charge in [-0.3, -0.25) is 9.59 Å². The number of rotatable bonds is 6. The first kappa shape index (κ1) is 19.0. The van der Waals surface area contributed by atoms with Gasteiger partial charge >= 0.3 is 5.97 Å². The summed E-state index contributed by atoms with van der Waals surface area (Å²) >= 11 is 0. The van der Waals surface area contributed by atoms with Crippen molar-refractivity contribution in [1.82, 2.24) is 0 Å². The van der Waals surface area contributed by atoms with Gasteiger partial charge < -0.3 is 30.3 Å². The molecular formula is C14H24O8. The van der Waals surface area contributed by atoms with Crippen molar-refractivity contribution >= 4 is 11.8 Å². The van der Waals surface area contributed by atoms with Crippen LogP contribution in [0.5, 0.6) is 0 Å². The zero-order valence-corrected chi connectivity index (χ0v) is 12.7. The van der Waals surface area contributed by atoms with Crippen LogP contribution in [0.15, 0.2) is 0 Å². The molecule has 0 radical (unpaired) electrons. The summed E-state index contributed by atoms with van der Waals surface area (Å²) in [4.78, 5) is 24.2. The number of hydrogen-bond acceptors (Lipinski definition) is 8. The number of aliphatic hydroxyl groups is 5. The lowest BCUT2D eigenvalue weighted by Gasteiger charge is -2.48. The van der Waals surface area contributed by atoms with Gasteiger partial charge in [0.05, 0.1) is 0 Å². The number of aliphatic hydroxyl groups excluding tert-OH is 5. The highest BCUT2D eigenvalue weighted by molar-refractivity contribution is 5.91. The van der Waals surface area contributed by atoms with Crippen LogP contribution in [-0.4, -0.2) is 73.4 Å². The maximum Gasteiger partial charge on any atom is 0.306 e. The first-order valence-corrected chi connectivity index (χ1v) is 7.39. The van der Waals surface area contributed by atoms with E-state index in [9.17, 15) is 35.1 Å². The van der Waals surface area contributed by atoms with Crippen molar-refractivity contribution < 1.29 is 39.9 Å². The van der Waals surface area contributed by atoms with Crippen LogP contribution in [0.4, 0.5) is 0 Å². The molecule has 22 heavy (non-hydrogen) atoms. The summed E-state index contributed by atoms with van der Waals surface area (Å²) in [5.74, 6) is -1.66. The Morgan fingerprint density at radius 2 is 1.32 bits per heavy atom. The van der Waals surface area contributed by atoms with Crippen LogP contribution in [0.25, 0.3) is 0 Å². The van der Waals surface area contributed by atoms with Crippen LogP contribution >= 0.6 is 0 Å². The molecule has 5 N–H and O–H groups in total. The Labute approximate surface area is 128 Å². The Morgan fingerprint density at radius 1 is 0.864 bits per heavy atom. The van der Waals surface area contributed by atoms with Gasteiger partial charge in [-0.2, -0.15) is 0 Å². The third-order valence-corrected chi connectivity index (χ3v) is 3.88. The van der Waals surface area contributed by atoms with Crippen LogP contribution in [-0.2, 0) is 14.3 Å². The maximum atomic E-state index is 12.4. The lowest BCUT2D eigenvalue weighted by atomic mass is 9.71. The zero-order chi connectivity index (χ0) is 17.1. The molecule has 2 unspecified atom stereocenters. The van der Waals surface area contributed by atoms with Gasteiger partial charge in [0.2, 0.25) is 5.60 Å². The number of Topliss-reactive ketones (excluding diaryl/α,β-unsaturated/α-hetero) is 1. The van der Waals surface area contributed by atoms with Crippen molar-refractivity contribution in [2.75, 3.05) is 0 Å². The molecule has 0 aromatic carbocycles. The third kappa shape index (κ3) is 3.16. The predicted octanol–water partition coefficient (Wildman–Crippen LogP) is -1.74. The van der Waals surface area contributed by atoms with E-state index in [1.54, 1.807) is 13.8 Å². The number of carbonyl (C=O) groups excluding carboxylic acids is 2. The Morgan fingerprint density at radius 3 is 1.73 bits per heavy atom. The van der Waals surface area contributed by atoms with E-state index in [0.717, 1.165) is 0 Å². The molecule has 8 nitrogen and oxygen atoms in total. The molecule has 8 heteroatoms. The average Bonchev–Trinajstić information content (AvgIpc) is 2.48. The summed E-state index contributed by atoms with van der Waals surface area (Å²) in [6.07, 6.45) is -9.25. The summed E-state index contributed by atoms with van der Waals surface area (Å²) in [6.45, 7) is 3.37. The largest absolute Gasteiger partial charge is 0.445 e. The number of hydrogen-bond donors (Lipinski definition) is 5. The smallest absolute Gasteiger partial charge is 0.306 e. The molecule has 1 aliphatic carbocycles. The fraction of sp³-hybridized carbons (Fsp3) is 0.857. The first-order valence-electron chi connectivity index (χ1n) is 7.39. The Balaban J connectivity index is 3.27. The van der Waals surface area contributed by atoms with Crippen LogP contribution in [0.3, 0.4) is 0 Å². The Hall–Kier alpha value is -1.06. The van der Waals surface area contributed by atoms with Crippen molar-refractivity contribution in [2.24, 2.45) is 0 Å². The lowest BCUT2D eigenvalue weighted by molar-refractivity contribution is -0.267. The van der Waals surface area contributed by atoms with Crippen molar-refractivity contribution in [2.45, 2.75) is 75.7 Å². The van der Waals surface area contributed by atoms with Gasteiger partial charge in [-0.1, -0.05) is 13.8 Å². The second-order valence-electron chi connectivity index (χ2n) is 5.55. The molecule has 0 aromatic rings. The fourth-order valence-electron chi connectivity index (χ4n) is 2.63. The Kier molecular flexibility index (Phi) is 6.45. The van der Waals surface area contributed by atoms with Crippen molar-refractivity contribution in [3.05, 3.63) is 0 Å². The molecule has 0 amide bonds. The maximum absolute atomic E-state index is 12.4. The van der Waals surface area contributed by atoms with Crippen molar-refractivity contribution in [3.8, 4) is 0 Å². The molecule has 0 spiro atoms. The second-order valence-corrected chi connectivity index (χ2v) is 5.55.